The first kappa shape index (κ1) is 12.3. The monoisotopic (exact) mass is 262 g/mol. The van der Waals surface area contributed by atoms with E-state index in [0.29, 0.717) is 12.1 Å². The van der Waals surface area contributed by atoms with E-state index in [4.69, 9.17) is 10.7 Å². The molecule has 1 aromatic carbocycles. The summed E-state index contributed by atoms with van der Waals surface area (Å²) in [6.07, 6.45) is -4.73. The second-order valence-electron chi connectivity index (χ2n) is 2.58. The van der Waals surface area contributed by atoms with Crippen LogP contribution in [0.1, 0.15) is 5.56 Å². The Bertz CT molecular complexity index is 480. The van der Waals surface area contributed by atoms with Gasteiger partial charge in [0.15, 0.2) is 0 Å². The van der Waals surface area contributed by atoms with Crippen molar-refractivity contribution in [3.05, 3.63) is 29.6 Å². The number of alkyl halides is 3. The molecule has 15 heavy (non-hydrogen) atoms. The fourth-order valence-corrected chi connectivity index (χ4v) is 1.77. The third-order valence-electron chi connectivity index (χ3n) is 1.52. The highest BCUT2D eigenvalue weighted by Crippen LogP contribution is 2.31. The van der Waals surface area contributed by atoms with Gasteiger partial charge in [-0.25, -0.2) is 12.8 Å². The van der Waals surface area contributed by atoms with Crippen LogP contribution in [0.25, 0.3) is 0 Å². The van der Waals surface area contributed by atoms with E-state index in [9.17, 15) is 26.0 Å². The highest BCUT2D eigenvalue weighted by Gasteiger charge is 2.32. The van der Waals surface area contributed by atoms with Gasteiger partial charge in [-0.2, -0.15) is 13.2 Å². The van der Waals surface area contributed by atoms with Crippen LogP contribution in [0.15, 0.2) is 23.1 Å². The minimum absolute atomic E-state index is 0.0786. The van der Waals surface area contributed by atoms with Crippen molar-refractivity contribution in [3.8, 4) is 0 Å². The third-order valence-corrected chi connectivity index (χ3v) is 2.88. The molecule has 1 rings (SSSR count). The van der Waals surface area contributed by atoms with Crippen LogP contribution in [-0.4, -0.2) is 8.42 Å². The Labute approximate surface area is 86.9 Å². The normalized spacial score (nSPS) is 12.9. The van der Waals surface area contributed by atoms with Crippen molar-refractivity contribution in [2.45, 2.75) is 11.1 Å². The summed E-state index contributed by atoms with van der Waals surface area (Å²) in [7, 11) is 0.416. The largest absolute Gasteiger partial charge is 0.416 e. The van der Waals surface area contributed by atoms with Gasteiger partial charge >= 0.3 is 6.18 Å². The number of rotatable bonds is 1. The molecule has 0 aliphatic heterocycles. The standard InChI is InChI=1S/C7H3ClF4O2S/c8-15(13,14)6-2-1-4(3-5(6)9)7(10,11)12/h1-3H. The molecule has 84 valence electrons. The molecular formula is C7H3ClF4O2S. The molecule has 8 heteroatoms. The first-order valence-electron chi connectivity index (χ1n) is 3.44. The van der Waals surface area contributed by atoms with E-state index in [2.05, 4.69) is 0 Å². The van der Waals surface area contributed by atoms with E-state index in [1.54, 1.807) is 0 Å². The maximum absolute atomic E-state index is 12.9. The Morgan fingerprint density at radius 2 is 1.73 bits per heavy atom. The lowest BCUT2D eigenvalue weighted by atomic mass is 10.2. The molecule has 0 aromatic heterocycles. The highest BCUT2D eigenvalue weighted by atomic mass is 35.7. The lowest BCUT2D eigenvalue weighted by Crippen LogP contribution is -2.06. The maximum Gasteiger partial charge on any atom is 0.416 e. The van der Waals surface area contributed by atoms with Crippen molar-refractivity contribution in [1.29, 1.82) is 0 Å². The smallest absolute Gasteiger partial charge is 0.207 e. The van der Waals surface area contributed by atoms with Crippen LogP contribution >= 0.6 is 10.7 Å². The summed E-state index contributed by atoms with van der Waals surface area (Å²) in [5.41, 5.74) is -1.27. The molecule has 0 radical (unpaired) electrons. The third kappa shape index (κ3) is 2.82. The highest BCUT2D eigenvalue weighted by molar-refractivity contribution is 8.13. The van der Waals surface area contributed by atoms with Crippen LogP contribution in [0.3, 0.4) is 0 Å². The van der Waals surface area contributed by atoms with Gasteiger partial charge in [0.25, 0.3) is 9.05 Å². The zero-order valence-electron chi connectivity index (χ0n) is 6.85. The quantitative estimate of drug-likeness (QED) is 0.576. The predicted molar refractivity (Wildman–Crippen MR) is 44.4 cm³/mol. The van der Waals surface area contributed by atoms with E-state index >= 15 is 0 Å². The Kier molecular flexibility index (Phi) is 2.97. The fourth-order valence-electron chi connectivity index (χ4n) is 0.875. The number of hydrogen-bond acceptors (Lipinski definition) is 2. The molecule has 1 aromatic rings. The summed E-state index contributed by atoms with van der Waals surface area (Å²) in [4.78, 5) is -0.975. The van der Waals surface area contributed by atoms with Gasteiger partial charge < -0.3 is 0 Å². The summed E-state index contributed by atoms with van der Waals surface area (Å²) >= 11 is 0. The first-order valence-corrected chi connectivity index (χ1v) is 5.75. The zero-order chi connectivity index (χ0) is 11.9. The average Bonchev–Trinajstić information content (AvgIpc) is 1.99. The SMILES string of the molecule is O=S(=O)(Cl)c1ccc(C(F)(F)F)cc1F. The van der Waals surface area contributed by atoms with E-state index < -0.39 is 31.5 Å². The Morgan fingerprint density at radius 3 is 2.07 bits per heavy atom. The first-order chi connectivity index (χ1) is 6.62. The van der Waals surface area contributed by atoms with Crippen molar-refractivity contribution in [2.24, 2.45) is 0 Å². The number of hydrogen-bond donors (Lipinski definition) is 0. The van der Waals surface area contributed by atoms with Gasteiger partial charge in [-0.3, -0.25) is 0 Å². The predicted octanol–water partition coefficient (Wildman–Crippen LogP) is 2.77. The zero-order valence-corrected chi connectivity index (χ0v) is 8.42. The molecule has 0 aliphatic carbocycles. The van der Waals surface area contributed by atoms with Gasteiger partial charge in [-0.05, 0) is 18.2 Å². The molecule has 2 nitrogen and oxygen atoms in total. The van der Waals surface area contributed by atoms with Crippen LogP contribution in [0.2, 0.25) is 0 Å². The molecule has 0 spiro atoms. The van der Waals surface area contributed by atoms with Crippen LogP contribution in [0.4, 0.5) is 17.6 Å². The molecule has 0 bridgehead atoms. The minimum Gasteiger partial charge on any atom is -0.207 e. The molecule has 0 amide bonds. The fraction of sp³-hybridized carbons (Fsp3) is 0.143. The van der Waals surface area contributed by atoms with E-state index in [0.717, 1.165) is 0 Å². The van der Waals surface area contributed by atoms with Crippen LogP contribution < -0.4 is 0 Å². The topological polar surface area (TPSA) is 34.1 Å². The molecule has 0 atom stereocenters. The van der Waals surface area contributed by atoms with Crippen molar-refractivity contribution >= 4 is 19.7 Å². The maximum atomic E-state index is 12.9. The summed E-state index contributed by atoms with van der Waals surface area (Å²) in [6, 6.07) is 0.994. The van der Waals surface area contributed by atoms with E-state index in [-0.39, 0.29) is 6.07 Å². The Balaban J connectivity index is 3.34. The van der Waals surface area contributed by atoms with Gasteiger partial charge in [0.05, 0.1) is 5.56 Å². The second-order valence-corrected chi connectivity index (χ2v) is 5.12. The molecule has 0 N–H and O–H groups in total. The summed E-state index contributed by atoms with van der Waals surface area (Å²) in [5, 5.41) is 0. The lowest BCUT2D eigenvalue weighted by molar-refractivity contribution is -0.137. The number of benzene rings is 1. The number of halogens is 5. The van der Waals surface area contributed by atoms with E-state index in [1.807, 2.05) is 0 Å². The van der Waals surface area contributed by atoms with Crippen molar-refractivity contribution in [3.63, 3.8) is 0 Å². The molecular weight excluding hydrogens is 260 g/mol. The molecule has 0 saturated heterocycles. The average molecular weight is 263 g/mol. The van der Waals surface area contributed by atoms with Gasteiger partial charge in [0, 0.05) is 10.7 Å². The Hall–Kier alpha value is -0.820. The second kappa shape index (κ2) is 3.64. The van der Waals surface area contributed by atoms with Gasteiger partial charge in [-0.15, -0.1) is 0 Å². The van der Waals surface area contributed by atoms with Gasteiger partial charge in [0.2, 0.25) is 0 Å². The molecule has 0 saturated carbocycles. The van der Waals surface area contributed by atoms with Crippen LogP contribution in [0.5, 0.6) is 0 Å². The van der Waals surface area contributed by atoms with Crippen molar-refractivity contribution in [1.82, 2.24) is 0 Å². The van der Waals surface area contributed by atoms with Crippen molar-refractivity contribution in [2.75, 3.05) is 0 Å². The van der Waals surface area contributed by atoms with Gasteiger partial charge in [-0.1, -0.05) is 0 Å². The van der Waals surface area contributed by atoms with Crippen molar-refractivity contribution < 1.29 is 26.0 Å². The van der Waals surface area contributed by atoms with Crippen LogP contribution in [-0.2, 0) is 15.2 Å². The van der Waals surface area contributed by atoms with E-state index in [1.165, 1.54) is 0 Å². The molecule has 0 unspecified atom stereocenters. The summed E-state index contributed by atoms with van der Waals surface area (Å²) < 4.78 is 70.4. The van der Waals surface area contributed by atoms with Crippen LogP contribution in [0, 0.1) is 5.82 Å². The lowest BCUT2D eigenvalue weighted by Gasteiger charge is -2.07. The molecule has 0 fully saturated rings. The molecule has 0 aliphatic rings. The molecule has 0 heterocycles. The minimum atomic E-state index is -4.73. The summed E-state index contributed by atoms with van der Waals surface area (Å²) in [5.74, 6) is -1.53. The Morgan fingerprint density at radius 1 is 1.20 bits per heavy atom. The summed E-state index contributed by atoms with van der Waals surface area (Å²) in [6.45, 7) is 0. The van der Waals surface area contributed by atoms with Gasteiger partial charge in [0.1, 0.15) is 10.7 Å².